The molecule has 1 aromatic carbocycles. The van der Waals surface area contributed by atoms with E-state index in [0.717, 1.165) is 6.92 Å². The van der Waals surface area contributed by atoms with Crippen molar-refractivity contribution in [3.8, 4) is 0 Å². The van der Waals surface area contributed by atoms with Crippen LogP contribution in [0.15, 0.2) is 0 Å². The van der Waals surface area contributed by atoms with Crippen molar-refractivity contribution < 1.29 is 27.1 Å². The van der Waals surface area contributed by atoms with Gasteiger partial charge in [-0.3, -0.25) is 4.79 Å². The lowest BCUT2D eigenvalue weighted by molar-refractivity contribution is -0.158. The van der Waals surface area contributed by atoms with E-state index in [0.29, 0.717) is 0 Å². The van der Waals surface area contributed by atoms with Crippen molar-refractivity contribution >= 4 is 5.97 Å². The van der Waals surface area contributed by atoms with Gasteiger partial charge in [-0.2, -0.15) is 0 Å². The summed E-state index contributed by atoms with van der Waals surface area (Å²) in [6, 6.07) is 0. The van der Waals surface area contributed by atoms with Crippen LogP contribution in [-0.2, 0) is 16.1 Å². The lowest BCUT2D eigenvalue weighted by Crippen LogP contribution is -2.32. The average Bonchev–Trinajstić information content (AvgIpc) is 2.42. The van der Waals surface area contributed by atoms with Gasteiger partial charge in [0.25, 0.3) is 0 Å². The molecule has 0 aromatic heterocycles. The summed E-state index contributed by atoms with van der Waals surface area (Å²) in [5, 5.41) is 0. The lowest BCUT2D eigenvalue weighted by Gasteiger charge is -2.26. The third kappa shape index (κ3) is 3.19. The summed E-state index contributed by atoms with van der Waals surface area (Å²) in [5.74, 6) is -6.82. The summed E-state index contributed by atoms with van der Waals surface area (Å²) in [6.45, 7) is 6.86. The van der Waals surface area contributed by atoms with E-state index in [1.54, 1.807) is 27.7 Å². The molecule has 0 saturated heterocycles. The average molecular weight is 306 g/mol. The summed E-state index contributed by atoms with van der Waals surface area (Å²) >= 11 is 0. The van der Waals surface area contributed by atoms with Gasteiger partial charge in [0.2, 0.25) is 0 Å². The second kappa shape index (κ2) is 6.03. The first kappa shape index (κ1) is 17.5. The van der Waals surface area contributed by atoms with Gasteiger partial charge in [-0.25, -0.2) is 17.6 Å². The highest BCUT2D eigenvalue weighted by Gasteiger charge is 2.33. The molecule has 118 valence electrons. The molecule has 0 aliphatic heterocycles. The second-order valence-corrected chi connectivity index (χ2v) is 5.81. The fraction of sp³-hybridized carbons (Fsp3) is 0.533. The van der Waals surface area contributed by atoms with Crippen molar-refractivity contribution in [2.75, 3.05) is 0 Å². The first-order valence-electron chi connectivity index (χ1n) is 6.50. The Labute approximate surface area is 121 Å². The molecule has 0 spiro atoms. The minimum atomic E-state index is -1.54. The van der Waals surface area contributed by atoms with Crippen LogP contribution < -0.4 is 0 Å². The maximum atomic E-state index is 13.6. The van der Waals surface area contributed by atoms with Gasteiger partial charge in [0, 0.05) is 5.56 Å². The highest BCUT2D eigenvalue weighted by atomic mass is 19.2. The number of esters is 1. The molecule has 1 aromatic rings. The van der Waals surface area contributed by atoms with Crippen LogP contribution in [0.2, 0.25) is 0 Å². The Morgan fingerprint density at radius 2 is 1.48 bits per heavy atom. The van der Waals surface area contributed by atoms with Crippen molar-refractivity contribution in [2.24, 2.45) is 11.3 Å². The van der Waals surface area contributed by atoms with E-state index in [4.69, 9.17) is 4.74 Å². The quantitative estimate of drug-likeness (QED) is 0.471. The first-order chi connectivity index (χ1) is 9.51. The molecule has 0 N–H and O–H groups in total. The van der Waals surface area contributed by atoms with Crippen molar-refractivity contribution in [1.82, 2.24) is 0 Å². The molecular weight excluding hydrogens is 288 g/mol. The summed E-state index contributed by atoms with van der Waals surface area (Å²) in [6.07, 6.45) is 0. The Balaban J connectivity index is 3.04. The molecule has 0 fully saturated rings. The number of rotatable bonds is 4. The van der Waals surface area contributed by atoms with Gasteiger partial charge in [-0.15, -0.1) is 0 Å². The summed E-state index contributed by atoms with van der Waals surface area (Å²) in [4.78, 5) is 11.9. The zero-order valence-corrected chi connectivity index (χ0v) is 12.6. The number of carbonyl (C=O) groups excluding carboxylic acids is 1. The molecule has 0 aliphatic rings. The molecule has 6 heteroatoms. The number of hydrogen-bond acceptors (Lipinski definition) is 2. The van der Waals surface area contributed by atoms with E-state index in [9.17, 15) is 22.4 Å². The van der Waals surface area contributed by atoms with Crippen LogP contribution in [-0.4, -0.2) is 5.97 Å². The monoisotopic (exact) mass is 306 g/mol. The largest absolute Gasteiger partial charge is 0.460 e. The van der Waals surface area contributed by atoms with Crippen LogP contribution in [0.5, 0.6) is 0 Å². The van der Waals surface area contributed by atoms with E-state index < -0.39 is 52.4 Å². The fourth-order valence-electron chi connectivity index (χ4n) is 1.47. The minimum Gasteiger partial charge on any atom is -0.460 e. The van der Waals surface area contributed by atoms with Crippen molar-refractivity contribution in [3.05, 3.63) is 34.4 Å². The van der Waals surface area contributed by atoms with Gasteiger partial charge in [0.15, 0.2) is 23.3 Å². The molecule has 2 nitrogen and oxygen atoms in total. The molecule has 0 unspecified atom stereocenters. The highest BCUT2D eigenvalue weighted by Crippen LogP contribution is 2.29. The van der Waals surface area contributed by atoms with Crippen LogP contribution >= 0.6 is 0 Å². The summed E-state index contributed by atoms with van der Waals surface area (Å²) < 4.78 is 58.9. The van der Waals surface area contributed by atoms with Gasteiger partial charge < -0.3 is 4.74 Å². The lowest BCUT2D eigenvalue weighted by atomic mass is 9.81. The number of halogens is 4. The second-order valence-electron chi connectivity index (χ2n) is 5.81. The van der Waals surface area contributed by atoms with E-state index in [1.165, 1.54) is 0 Å². The minimum absolute atomic E-state index is 0.0776. The van der Waals surface area contributed by atoms with Gasteiger partial charge in [-0.05, 0) is 26.7 Å². The third-order valence-electron chi connectivity index (χ3n) is 3.89. The Kier molecular flexibility index (Phi) is 5.02. The number of carbonyl (C=O) groups is 1. The van der Waals surface area contributed by atoms with Gasteiger partial charge in [0.1, 0.15) is 6.61 Å². The molecule has 0 atom stereocenters. The molecule has 1 rings (SSSR count). The topological polar surface area (TPSA) is 26.3 Å². The van der Waals surface area contributed by atoms with E-state index in [1.807, 2.05) is 0 Å². The maximum absolute atomic E-state index is 13.6. The molecule has 0 heterocycles. The van der Waals surface area contributed by atoms with E-state index in [-0.39, 0.29) is 5.92 Å². The fourth-order valence-corrected chi connectivity index (χ4v) is 1.47. The zero-order chi connectivity index (χ0) is 16.5. The molecule has 21 heavy (non-hydrogen) atoms. The Morgan fingerprint density at radius 1 is 1.05 bits per heavy atom. The van der Waals surface area contributed by atoms with Crippen LogP contribution in [0.1, 0.15) is 38.8 Å². The summed E-state index contributed by atoms with van der Waals surface area (Å²) in [5.41, 5.74) is -2.56. The predicted octanol–water partition coefficient (Wildman–Crippen LogP) is 4.28. The Hall–Kier alpha value is -1.59. The first-order valence-corrected chi connectivity index (χ1v) is 6.50. The highest BCUT2D eigenvalue weighted by molar-refractivity contribution is 5.76. The van der Waals surface area contributed by atoms with Crippen LogP contribution in [0.25, 0.3) is 0 Å². The normalized spacial score (nSPS) is 11.9. The number of hydrogen-bond donors (Lipinski definition) is 0. The smallest absolute Gasteiger partial charge is 0.312 e. The van der Waals surface area contributed by atoms with Gasteiger partial charge >= 0.3 is 5.97 Å². The van der Waals surface area contributed by atoms with E-state index in [2.05, 4.69) is 0 Å². The zero-order valence-electron chi connectivity index (χ0n) is 12.6. The summed E-state index contributed by atoms with van der Waals surface area (Å²) in [7, 11) is 0. The molecule has 0 amide bonds. The Morgan fingerprint density at radius 3 is 1.86 bits per heavy atom. The van der Waals surface area contributed by atoms with Crippen LogP contribution in [0, 0.1) is 41.5 Å². The molecular formula is C15H18F4O2. The van der Waals surface area contributed by atoms with Gasteiger partial charge in [-0.1, -0.05) is 13.8 Å². The molecule has 0 radical (unpaired) electrons. The Bertz CT molecular complexity index is 536. The third-order valence-corrected chi connectivity index (χ3v) is 3.89. The van der Waals surface area contributed by atoms with Crippen LogP contribution in [0.4, 0.5) is 17.6 Å². The maximum Gasteiger partial charge on any atom is 0.312 e. The number of benzene rings is 1. The van der Waals surface area contributed by atoms with E-state index >= 15 is 0 Å². The van der Waals surface area contributed by atoms with Crippen LogP contribution in [0.3, 0.4) is 0 Å². The standard InChI is InChI=1S/C15H18F4O2/c1-7(2)15(4,5)14(20)21-6-9-12(18)10(16)8(3)11(17)13(9)19/h7H,6H2,1-5H3. The SMILES string of the molecule is Cc1c(F)c(F)c(COC(=O)C(C)(C)C(C)C)c(F)c1F. The molecule has 0 saturated carbocycles. The van der Waals surface area contributed by atoms with Crippen molar-refractivity contribution in [1.29, 1.82) is 0 Å². The predicted molar refractivity (Wildman–Crippen MR) is 69.4 cm³/mol. The van der Waals surface area contributed by atoms with Gasteiger partial charge in [0.05, 0.1) is 11.0 Å². The van der Waals surface area contributed by atoms with Crippen molar-refractivity contribution in [2.45, 2.75) is 41.2 Å². The molecule has 0 bridgehead atoms. The number of ether oxygens (including phenoxy) is 1. The molecule has 0 aliphatic carbocycles. The van der Waals surface area contributed by atoms with Crippen molar-refractivity contribution in [3.63, 3.8) is 0 Å².